The number of para-hydroxylation sites is 1. The van der Waals surface area contributed by atoms with Gasteiger partial charge in [-0.05, 0) is 36.6 Å². The number of anilines is 1. The van der Waals surface area contributed by atoms with E-state index >= 15 is 0 Å². The molecule has 94 valence electrons. The van der Waals surface area contributed by atoms with E-state index in [0.29, 0.717) is 17.3 Å². The Balaban J connectivity index is 2.14. The van der Waals surface area contributed by atoms with Gasteiger partial charge in [0.15, 0.2) is 0 Å². The van der Waals surface area contributed by atoms with Gasteiger partial charge in [-0.2, -0.15) is 0 Å². The van der Waals surface area contributed by atoms with E-state index in [0.717, 1.165) is 16.2 Å². The van der Waals surface area contributed by atoms with Gasteiger partial charge in [0.25, 0.3) is 0 Å². The number of ether oxygens (including phenoxy) is 1. The predicted octanol–water partition coefficient (Wildman–Crippen LogP) is 4.22. The molecule has 2 N–H and O–H groups in total. The van der Waals surface area contributed by atoms with Crippen LogP contribution in [0.2, 0.25) is 5.02 Å². The van der Waals surface area contributed by atoms with Gasteiger partial charge in [0.1, 0.15) is 12.4 Å². The number of nitrogens with two attached hydrogens (primary N) is 1. The molecule has 0 atom stereocenters. The summed E-state index contributed by atoms with van der Waals surface area (Å²) >= 11 is 7.75. The van der Waals surface area contributed by atoms with Crippen LogP contribution in [0.25, 0.3) is 0 Å². The SMILES string of the molecule is CSc1ccccc1OCc1cc(N)ccc1Cl. The molecule has 0 aromatic heterocycles. The van der Waals surface area contributed by atoms with E-state index in [2.05, 4.69) is 0 Å². The second-order valence-corrected chi connectivity index (χ2v) is 5.05. The summed E-state index contributed by atoms with van der Waals surface area (Å²) in [5, 5.41) is 0.672. The summed E-state index contributed by atoms with van der Waals surface area (Å²) in [7, 11) is 0. The molecule has 2 aromatic carbocycles. The van der Waals surface area contributed by atoms with Crippen LogP contribution in [0.1, 0.15) is 5.56 Å². The fraction of sp³-hybridized carbons (Fsp3) is 0.143. The number of rotatable bonds is 4. The monoisotopic (exact) mass is 279 g/mol. The van der Waals surface area contributed by atoms with Crippen molar-refractivity contribution in [1.82, 2.24) is 0 Å². The zero-order chi connectivity index (χ0) is 13.0. The Bertz CT molecular complexity index is 545. The molecular weight excluding hydrogens is 266 g/mol. The van der Waals surface area contributed by atoms with E-state index in [4.69, 9.17) is 22.1 Å². The van der Waals surface area contributed by atoms with Crippen LogP contribution >= 0.6 is 23.4 Å². The van der Waals surface area contributed by atoms with Crippen LogP contribution in [0, 0.1) is 0 Å². The van der Waals surface area contributed by atoms with Crippen LogP contribution in [0.15, 0.2) is 47.4 Å². The Morgan fingerprint density at radius 2 is 2.00 bits per heavy atom. The molecule has 0 saturated heterocycles. The van der Waals surface area contributed by atoms with Gasteiger partial charge in [0.2, 0.25) is 0 Å². The highest BCUT2D eigenvalue weighted by molar-refractivity contribution is 7.98. The summed E-state index contributed by atoms with van der Waals surface area (Å²) in [5.74, 6) is 0.864. The lowest BCUT2D eigenvalue weighted by atomic mass is 10.2. The Hall–Kier alpha value is -1.32. The second-order valence-electron chi connectivity index (χ2n) is 3.79. The predicted molar refractivity (Wildman–Crippen MR) is 78.4 cm³/mol. The van der Waals surface area contributed by atoms with E-state index in [1.807, 2.05) is 36.6 Å². The molecule has 0 aliphatic heterocycles. The lowest BCUT2D eigenvalue weighted by molar-refractivity contribution is 0.299. The molecule has 0 fully saturated rings. The quantitative estimate of drug-likeness (QED) is 0.672. The topological polar surface area (TPSA) is 35.2 Å². The minimum Gasteiger partial charge on any atom is -0.488 e. The van der Waals surface area contributed by atoms with Crippen molar-refractivity contribution in [1.29, 1.82) is 0 Å². The Morgan fingerprint density at radius 3 is 2.78 bits per heavy atom. The van der Waals surface area contributed by atoms with Crippen molar-refractivity contribution in [2.75, 3.05) is 12.0 Å². The van der Waals surface area contributed by atoms with Gasteiger partial charge in [0.05, 0.1) is 0 Å². The van der Waals surface area contributed by atoms with E-state index in [1.54, 1.807) is 23.9 Å². The molecule has 0 radical (unpaired) electrons. The van der Waals surface area contributed by atoms with E-state index in [9.17, 15) is 0 Å². The van der Waals surface area contributed by atoms with Crippen LogP contribution in [0.5, 0.6) is 5.75 Å². The summed E-state index contributed by atoms with van der Waals surface area (Å²) < 4.78 is 5.79. The van der Waals surface area contributed by atoms with Crippen LogP contribution in [-0.2, 0) is 6.61 Å². The van der Waals surface area contributed by atoms with Crippen LogP contribution in [0.3, 0.4) is 0 Å². The van der Waals surface area contributed by atoms with Gasteiger partial charge in [-0.3, -0.25) is 0 Å². The lowest BCUT2D eigenvalue weighted by Crippen LogP contribution is -1.98. The highest BCUT2D eigenvalue weighted by atomic mass is 35.5. The zero-order valence-corrected chi connectivity index (χ0v) is 11.6. The average molecular weight is 280 g/mol. The Kier molecular flexibility index (Phi) is 4.39. The standard InChI is InChI=1S/C14H14ClNOS/c1-18-14-5-3-2-4-13(14)17-9-10-8-11(16)6-7-12(10)15/h2-8H,9,16H2,1H3. The maximum atomic E-state index is 6.10. The van der Waals surface area contributed by atoms with Gasteiger partial charge in [-0.25, -0.2) is 0 Å². The molecule has 18 heavy (non-hydrogen) atoms. The number of nitrogen functional groups attached to an aromatic ring is 1. The maximum absolute atomic E-state index is 6.10. The number of hydrogen-bond donors (Lipinski definition) is 1. The van der Waals surface area contributed by atoms with Crippen molar-refractivity contribution in [2.24, 2.45) is 0 Å². The largest absolute Gasteiger partial charge is 0.488 e. The molecule has 0 amide bonds. The van der Waals surface area contributed by atoms with Gasteiger partial charge in [-0.15, -0.1) is 11.8 Å². The maximum Gasteiger partial charge on any atom is 0.133 e. The summed E-state index contributed by atoms with van der Waals surface area (Å²) in [6.45, 7) is 0.418. The minimum atomic E-state index is 0.418. The molecule has 0 heterocycles. The summed E-state index contributed by atoms with van der Waals surface area (Å²) in [5.41, 5.74) is 7.32. The molecule has 0 aliphatic rings. The van der Waals surface area contributed by atoms with E-state index < -0.39 is 0 Å². The van der Waals surface area contributed by atoms with Crippen molar-refractivity contribution < 1.29 is 4.74 Å². The normalized spacial score (nSPS) is 10.3. The third kappa shape index (κ3) is 3.12. The third-order valence-electron chi connectivity index (χ3n) is 2.52. The molecule has 4 heteroatoms. The first-order chi connectivity index (χ1) is 8.70. The van der Waals surface area contributed by atoms with Gasteiger partial charge >= 0.3 is 0 Å². The van der Waals surface area contributed by atoms with Gasteiger partial charge < -0.3 is 10.5 Å². The molecular formula is C14H14ClNOS. The number of hydrogen-bond acceptors (Lipinski definition) is 3. The van der Waals surface area contributed by atoms with E-state index in [-0.39, 0.29) is 0 Å². The van der Waals surface area contributed by atoms with Crippen LogP contribution in [-0.4, -0.2) is 6.26 Å². The van der Waals surface area contributed by atoms with Crippen molar-refractivity contribution in [2.45, 2.75) is 11.5 Å². The molecule has 0 spiro atoms. The average Bonchev–Trinajstić information content (AvgIpc) is 2.40. The molecule has 0 bridgehead atoms. The first-order valence-electron chi connectivity index (χ1n) is 5.50. The minimum absolute atomic E-state index is 0.418. The second kappa shape index (κ2) is 6.03. The van der Waals surface area contributed by atoms with Crippen LogP contribution < -0.4 is 10.5 Å². The van der Waals surface area contributed by atoms with Gasteiger partial charge in [0, 0.05) is 21.2 Å². The smallest absolute Gasteiger partial charge is 0.133 e. The third-order valence-corrected chi connectivity index (χ3v) is 3.67. The van der Waals surface area contributed by atoms with Crippen LogP contribution in [0.4, 0.5) is 5.69 Å². The summed E-state index contributed by atoms with van der Waals surface area (Å²) in [6, 6.07) is 13.3. The van der Waals surface area contributed by atoms with Crippen molar-refractivity contribution in [3.63, 3.8) is 0 Å². The summed E-state index contributed by atoms with van der Waals surface area (Å²) in [4.78, 5) is 1.11. The van der Waals surface area contributed by atoms with E-state index in [1.165, 1.54) is 0 Å². The zero-order valence-electron chi connectivity index (χ0n) is 10.0. The molecule has 2 nitrogen and oxygen atoms in total. The Labute approximate surface area is 116 Å². The summed E-state index contributed by atoms with van der Waals surface area (Å²) in [6.07, 6.45) is 2.02. The molecule has 2 rings (SSSR count). The Morgan fingerprint density at radius 1 is 1.22 bits per heavy atom. The fourth-order valence-corrected chi connectivity index (χ4v) is 2.31. The van der Waals surface area contributed by atoms with Crippen molar-refractivity contribution >= 4 is 29.1 Å². The first-order valence-corrected chi connectivity index (χ1v) is 7.10. The number of halogens is 1. The molecule has 0 aliphatic carbocycles. The fourth-order valence-electron chi connectivity index (χ4n) is 1.60. The lowest BCUT2D eigenvalue weighted by Gasteiger charge is -2.11. The highest BCUT2D eigenvalue weighted by Gasteiger charge is 2.05. The molecule has 2 aromatic rings. The first kappa shape index (κ1) is 13.1. The molecule has 0 unspecified atom stereocenters. The van der Waals surface area contributed by atoms with Crippen molar-refractivity contribution in [3.8, 4) is 5.75 Å². The number of thioether (sulfide) groups is 1. The van der Waals surface area contributed by atoms with Crippen molar-refractivity contribution in [3.05, 3.63) is 53.1 Å². The highest BCUT2D eigenvalue weighted by Crippen LogP contribution is 2.28. The molecule has 0 saturated carbocycles. The number of benzene rings is 2. The van der Waals surface area contributed by atoms with Gasteiger partial charge in [-0.1, -0.05) is 23.7 Å².